The van der Waals surface area contributed by atoms with Crippen LogP contribution in [0.3, 0.4) is 0 Å². The Balaban J connectivity index is 1.77. The average molecular weight is 304 g/mol. The molecule has 1 N–H and O–H groups in total. The molecule has 1 amide bonds. The van der Waals surface area contributed by atoms with Gasteiger partial charge in [0.05, 0.1) is 6.54 Å². The van der Waals surface area contributed by atoms with E-state index in [4.69, 9.17) is 0 Å². The number of amides is 1. The summed E-state index contributed by atoms with van der Waals surface area (Å²) in [5, 5.41) is 6.89. The van der Waals surface area contributed by atoms with Crippen LogP contribution in [0.1, 0.15) is 25.8 Å². The normalized spacial score (nSPS) is 19.4. The molecule has 0 aromatic carbocycles. The minimum Gasteiger partial charge on any atom is -0.351 e. The topological polar surface area (TPSA) is 50.2 Å². The maximum absolute atomic E-state index is 12.3. The second-order valence-corrected chi connectivity index (χ2v) is 5.34. The summed E-state index contributed by atoms with van der Waals surface area (Å²) in [6, 6.07) is 1.24. The number of nitrogens with zero attached hydrogens (tertiary/aromatic N) is 3. The summed E-state index contributed by atoms with van der Waals surface area (Å²) in [5.74, 6) is -0.159. The summed E-state index contributed by atoms with van der Waals surface area (Å²) in [4.78, 5) is 13.4. The van der Waals surface area contributed by atoms with Gasteiger partial charge in [-0.25, -0.2) is 0 Å². The van der Waals surface area contributed by atoms with Gasteiger partial charge in [-0.15, -0.1) is 0 Å². The molecule has 21 heavy (non-hydrogen) atoms. The quantitative estimate of drug-likeness (QED) is 0.919. The third kappa shape index (κ3) is 4.73. The Morgan fingerprint density at radius 1 is 1.43 bits per heavy atom. The molecule has 0 radical (unpaired) electrons. The van der Waals surface area contributed by atoms with E-state index in [1.54, 1.807) is 30.1 Å². The number of carbonyl (C=O) groups is 1. The van der Waals surface area contributed by atoms with Gasteiger partial charge in [0, 0.05) is 31.5 Å². The molecular weight excluding hydrogens is 285 g/mol. The van der Waals surface area contributed by atoms with Crippen molar-refractivity contribution >= 4 is 5.91 Å². The average Bonchev–Trinajstić information content (AvgIpc) is 2.92. The number of hydrogen-bond donors (Lipinski definition) is 1. The second-order valence-electron chi connectivity index (χ2n) is 5.34. The Kier molecular flexibility index (Phi) is 4.87. The number of alkyl halides is 3. The molecule has 1 atom stereocenters. The monoisotopic (exact) mass is 304 g/mol. The van der Waals surface area contributed by atoms with Gasteiger partial charge in [-0.3, -0.25) is 14.4 Å². The summed E-state index contributed by atoms with van der Waals surface area (Å²) in [6.07, 6.45) is 0.210. The molecule has 118 valence electrons. The summed E-state index contributed by atoms with van der Waals surface area (Å²) < 4.78 is 38.4. The number of halogens is 3. The first kappa shape index (κ1) is 15.8. The predicted molar refractivity (Wildman–Crippen MR) is 70.6 cm³/mol. The van der Waals surface area contributed by atoms with Crippen molar-refractivity contribution in [3.8, 4) is 0 Å². The van der Waals surface area contributed by atoms with Crippen LogP contribution in [0.4, 0.5) is 13.2 Å². The highest BCUT2D eigenvalue weighted by molar-refractivity contribution is 5.80. The largest absolute Gasteiger partial charge is 0.401 e. The molecule has 1 unspecified atom stereocenters. The van der Waals surface area contributed by atoms with Crippen molar-refractivity contribution in [2.24, 2.45) is 0 Å². The maximum atomic E-state index is 12.3. The minimum atomic E-state index is -4.16. The van der Waals surface area contributed by atoms with Crippen LogP contribution in [0, 0.1) is 0 Å². The van der Waals surface area contributed by atoms with E-state index in [0.29, 0.717) is 25.9 Å². The van der Waals surface area contributed by atoms with E-state index < -0.39 is 18.8 Å². The van der Waals surface area contributed by atoms with Gasteiger partial charge in [0.15, 0.2) is 0 Å². The molecule has 1 fully saturated rings. The highest BCUT2D eigenvalue weighted by Crippen LogP contribution is 2.20. The Labute approximate surface area is 121 Å². The second kappa shape index (κ2) is 6.46. The molecule has 2 heterocycles. The van der Waals surface area contributed by atoms with Gasteiger partial charge in [-0.1, -0.05) is 0 Å². The van der Waals surface area contributed by atoms with Gasteiger partial charge >= 0.3 is 6.18 Å². The third-order valence-corrected chi connectivity index (χ3v) is 3.64. The van der Waals surface area contributed by atoms with Crippen molar-refractivity contribution in [2.45, 2.75) is 38.0 Å². The van der Waals surface area contributed by atoms with Crippen molar-refractivity contribution in [3.05, 3.63) is 18.5 Å². The first-order valence-corrected chi connectivity index (χ1v) is 6.94. The summed E-state index contributed by atoms with van der Waals surface area (Å²) >= 11 is 0. The Morgan fingerprint density at radius 2 is 2.10 bits per heavy atom. The lowest BCUT2D eigenvalue weighted by molar-refractivity contribution is -0.148. The van der Waals surface area contributed by atoms with Gasteiger partial charge in [0.1, 0.15) is 6.04 Å². The summed E-state index contributed by atoms with van der Waals surface area (Å²) in [6.45, 7) is 1.56. The number of aromatic nitrogens is 2. The van der Waals surface area contributed by atoms with Crippen LogP contribution in [0.2, 0.25) is 0 Å². The Bertz CT molecular complexity index is 452. The molecule has 1 aromatic heterocycles. The van der Waals surface area contributed by atoms with Gasteiger partial charge in [0.25, 0.3) is 0 Å². The minimum absolute atomic E-state index is 0.0694. The third-order valence-electron chi connectivity index (χ3n) is 3.64. The first-order valence-electron chi connectivity index (χ1n) is 6.94. The van der Waals surface area contributed by atoms with E-state index in [-0.39, 0.29) is 11.9 Å². The fourth-order valence-electron chi connectivity index (χ4n) is 2.44. The lowest BCUT2D eigenvalue weighted by Gasteiger charge is -2.33. The van der Waals surface area contributed by atoms with Crippen LogP contribution in [0.15, 0.2) is 18.5 Å². The van der Waals surface area contributed by atoms with E-state index in [0.717, 1.165) is 0 Å². The zero-order chi connectivity index (χ0) is 15.5. The number of hydrogen-bond acceptors (Lipinski definition) is 3. The van der Waals surface area contributed by atoms with Gasteiger partial charge in [-0.05, 0) is 25.8 Å². The zero-order valence-electron chi connectivity index (χ0n) is 11.8. The van der Waals surface area contributed by atoms with E-state index in [1.807, 2.05) is 0 Å². The van der Waals surface area contributed by atoms with Gasteiger partial charge in [-0.2, -0.15) is 18.3 Å². The molecule has 5 nitrogen and oxygen atoms in total. The van der Waals surface area contributed by atoms with Crippen molar-refractivity contribution < 1.29 is 18.0 Å². The van der Waals surface area contributed by atoms with Crippen LogP contribution in [-0.4, -0.2) is 52.4 Å². The molecule has 8 heteroatoms. The summed E-state index contributed by atoms with van der Waals surface area (Å²) in [5.41, 5.74) is 0. The smallest absolute Gasteiger partial charge is 0.351 e. The number of piperidine rings is 1. The highest BCUT2D eigenvalue weighted by Gasteiger charge is 2.33. The van der Waals surface area contributed by atoms with E-state index in [9.17, 15) is 18.0 Å². The number of likely N-dealkylation sites (tertiary alicyclic amines) is 1. The molecule has 0 saturated carbocycles. The van der Waals surface area contributed by atoms with Crippen LogP contribution in [0.25, 0.3) is 0 Å². The standard InChI is InChI=1S/C13H19F3N4O/c1-10(20-6-2-5-17-20)12(21)18-11-3-7-19(8-4-11)9-13(14,15)16/h2,5-6,10-11H,3-4,7-9H2,1H3,(H,18,21). The molecule has 2 rings (SSSR count). The van der Waals surface area contributed by atoms with Crippen molar-refractivity contribution in [2.75, 3.05) is 19.6 Å². The molecule has 1 aromatic rings. The van der Waals surface area contributed by atoms with E-state index in [1.165, 1.54) is 4.90 Å². The van der Waals surface area contributed by atoms with E-state index >= 15 is 0 Å². The lowest BCUT2D eigenvalue weighted by Crippen LogP contribution is -2.48. The molecule has 1 saturated heterocycles. The lowest BCUT2D eigenvalue weighted by atomic mass is 10.0. The molecule has 1 aliphatic heterocycles. The summed E-state index contributed by atoms with van der Waals surface area (Å²) in [7, 11) is 0. The van der Waals surface area contributed by atoms with Gasteiger partial charge < -0.3 is 5.32 Å². The molecule has 0 aliphatic carbocycles. The Morgan fingerprint density at radius 3 is 2.62 bits per heavy atom. The van der Waals surface area contributed by atoms with Crippen molar-refractivity contribution in [1.29, 1.82) is 0 Å². The zero-order valence-corrected chi connectivity index (χ0v) is 11.8. The number of carbonyl (C=O) groups excluding carboxylic acids is 1. The molecule has 0 bridgehead atoms. The fourth-order valence-corrected chi connectivity index (χ4v) is 2.44. The SMILES string of the molecule is CC(C(=O)NC1CCN(CC(F)(F)F)CC1)n1cccn1. The van der Waals surface area contributed by atoms with Crippen LogP contribution in [-0.2, 0) is 4.79 Å². The highest BCUT2D eigenvalue weighted by atomic mass is 19.4. The number of rotatable bonds is 4. The fraction of sp³-hybridized carbons (Fsp3) is 0.692. The van der Waals surface area contributed by atoms with Crippen LogP contribution >= 0.6 is 0 Å². The first-order chi connectivity index (χ1) is 9.85. The van der Waals surface area contributed by atoms with Crippen LogP contribution < -0.4 is 5.32 Å². The maximum Gasteiger partial charge on any atom is 0.401 e. The van der Waals surface area contributed by atoms with Gasteiger partial charge in [0.2, 0.25) is 5.91 Å². The molecule has 1 aliphatic rings. The number of nitrogens with one attached hydrogen (secondary N) is 1. The van der Waals surface area contributed by atoms with Crippen molar-refractivity contribution in [1.82, 2.24) is 20.0 Å². The molecular formula is C13H19F3N4O. The predicted octanol–water partition coefficient (Wildman–Crippen LogP) is 1.59. The van der Waals surface area contributed by atoms with E-state index in [2.05, 4.69) is 10.4 Å². The van der Waals surface area contributed by atoms with Crippen LogP contribution in [0.5, 0.6) is 0 Å². The molecule has 0 spiro atoms. The Hall–Kier alpha value is -1.57. The van der Waals surface area contributed by atoms with Crippen molar-refractivity contribution in [3.63, 3.8) is 0 Å².